The SMILES string of the molecule is c1ccc(-c2ccc3c(c2)c2ccc(-c4ccc5c(c4)oc4ccccc45)cc2n3-c2ccc3ccccc3c2)cc1. The van der Waals surface area contributed by atoms with E-state index < -0.39 is 0 Å². The van der Waals surface area contributed by atoms with Gasteiger partial charge in [-0.2, -0.15) is 0 Å². The van der Waals surface area contributed by atoms with E-state index in [4.69, 9.17) is 4.42 Å². The Kier molecular flexibility index (Phi) is 4.93. The largest absolute Gasteiger partial charge is 0.456 e. The minimum absolute atomic E-state index is 0.913. The summed E-state index contributed by atoms with van der Waals surface area (Å²) in [6.45, 7) is 0. The van der Waals surface area contributed by atoms with Gasteiger partial charge in [0.1, 0.15) is 11.2 Å². The summed E-state index contributed by atoms with van der Waals surface area (Å²) >= 11 is 0. The third-order valence-electron chi connectivity index (χ3n) is 8.58. The number of para-hydroxylation sites is 1. The van der Waals surface area contributed by atoms with Gasteiger partial charge < -0.3 is 8.98 Å². The number of hydrogen-bond donors (Lipinski definition) is 0. The fraction of sp³-hybridized carbons (Fsp3) is 0. The van der Waals surface area contributed by atoms with Gasteiger partial charge in [-0.3, -0.25) is 0 Å². The van der Waals surface area contributed by atoms with E-state index in [-0.39, 0.29) is 0 Å². The fourth-order valence-corrected chi connectivity index (χ4v) is 6.51. The van der Waals surface area contributed by atoms with Crippen molar-refractivity contribution in [2.45, 2.75) is 0 Å². The van der Waals surface area contributed by atoms with Crippen molar-refractivity contribution in [2.75, 3.05) is 0 Å². The molecule has 0 atom stereocenters. The number of benzene rings is 7. The highest BCUT2D eigenvalue weighted by Gasteiger charge is 2.16. The summed E-state index contributed by atoms with van der Waals surface area (Å²) in [6, 6.07) is 54.5. The zero-order valence-corrected chi connectivity index (χ0v) is 22.8. The molecule has 0 saturated carbocycles. The van der Waals surface area contributed by atoms with Crippen molar-refractivity contribution in [3.8, 4) is 27.9 Å². The second-order valence-corrected chi connectivity index (χ2v) is 11.0. The van der Waals surface area contributed by atoms with E-state index in [1.807, 2.05) is 12.1 Å². The highest BCUT2D eigenvalue weighted by atomic mass is 16.3. The molecule has 0 aliphatic carbocycles. The number of furan rings is 1. The van der Waals surface area contributed by atoms with E-state index in [0.717, 1.165) is 38.8 Å². The molecule has 2 heterocycles. The number of rotatable bonds is 3. The van der Waals surface area contributed by atoms with Crippen LogP contribution in [-0.2, 0) is 0 Å². The van der Waals surface area contributed by atoms with Crippen molar-refractivity contribution in [3.05, 3.63) is 152 Å². The van der Waals surface area contributed by atoms with Crippen molar-refractivity contribution >= 4 is 54.5 Å². The molecule has 9 aromatic rings. The van der Waals surface area contributed by atoms with Crippen LogP contribution in [0.1, 0.15) is 0 Å². The van der Waals surface area contributed by atoms with Crippen LogP contribution in [-0.4, -0.2) is 4.57 Å². The molecule has 9 rings (SSSR count). The Hall–Kier alpha value is -5.60. The van der Waals surface area contributed by atoms with Crippen LogP contribution in [0.25, 0.3) is 82.5 Å². The van der Waals surface area contributed by atoms with Gasteiger partial charge in [0.2, 0.25) is 0 Å². The summed E-state index contributed by atoms with van der Waals surface area (Å²) in [4.78, 5) is 0. The van der Waals surface area contributed by atoms with Crippen molar-refractivity contribution in [1.82, 2.24) is 4.57 Å². The third kappa shape index (κ3) is 3.52. The van der Waals surface area contributed by atoms with Gasteiger partial charge in [-0.05, 0) is 81.6 Å². The first-order valence-corrected chi connectivity index (χ1v) is 14.3. The molecule has 0 aliphatic rings. The van der Waals surface area contributed by atoms with Crippen LogP contribution in [0.3, 0.4) is 0 Å². The molecule has 42 heavy (non-hydrogen) atoms. The molecule has 2 aromatic heterocycles. The molecule has 196 valence electrons. The van der Waals surface area contributed by atoms with Gasteiger partial charge in [-0.1, -0.05) is 103 Å². The van der Waals surface area contributed by atoms with Crippen LogP contribution >= 0.6 is 0 Å². The molecule has 0 aliphatic heterocycles. The molecule has 2 heteroatoms. The molecule has 2 nitrogen and oxygen atoms in total. The van der Waals surface area contributed by atoms with Gasteiger partial charge in [-0.15, -0.1) is 0 Å². The summed E-state index contributed by atoms with van der Waals surface area (Å²) < 4.78 is 8.65. The zero-order valence-electron chi connectivity index (χ0n) is 22.8. The maximum atomic E-state index is 6.23. The first kappa shape index (κ1) is 23.1. The van der Waals surface area contributed by atoms with E-state index in [2.05, 4.69) is 144 Å². The molecule has 0 fully saturated rings. The zero-order chi connectivity index (χ0) is 27.6. The minimum atomic E-state index is 0.913. The first-order chi connectivity index (χ1) is 20.8. The van der Waals surface area contributed by atoms with Crippen LogP contribution in [0, 0.1) is 0 Å². The average Bonchev–Trinajstić information content (AvgIpc) is 3.59. The lowest BCUT2D eigenvalue weighted by atomic mass is 10.0. The highest BCUT2D eigenvalue weighted by Crippen LogP contribution is 2.38. The van der Waals surface area contributed by atoms with E-state index in [1.54, 1.807) is 0 Å². The molecular weight excluding hydrogens is 510 g/mol. The normalized spacial score (nSPS) is 11.8. The standard InChI is InChI=1S/C40H25NO/c1-2-8-26(9-3-1)29-17-21-37-36(23-29)33-19-15-30(31-16-20-35-34-12-6-7-13-39(34)42-40(35)25-31)24-38(33)41(37)32-18-14-27-10-4-5-11-28(27)22-32/h1-25H. The molecule has 0 radical (unpaired) electrons. The van der Waals surface area contributed by atoms with Crippen LogP contribution in [0.2, 0.25) is 0 Å². The summed E-state index contributed by atoms with van der Waals surface area (Å²) in [5.74, 6) is 0. The van der Waals surface area contributed by atoms with E-state index in [9.17, 15) is 0 Å². The van der Waals surface area contributed by atoms with Gasteiger partial charge in [-0.25, -0.2) is 0 Å². The topological polar surface area (TPSA) is 18.1 Å². The van der Waals surface area contributed by atoms with Gasteiger partial charge in [0, 0.05) is 27.2 Å². The molecule has 0 bridgehead atoms. The molecule has 0 unspecified atom stereocenters. The number of hydrogen-bond acceptors (Lipinski definition) is 1. The summed E-state index contributed by atoms with van der Waals surface area (Å²) in [5.41, 5.74) is 10.1. The van der Waals surface area contributed by atoms with Crippen molar-refractivity contribution in [1.29, 1.82) is 0 Å². The second-order valence-electron chi connectivity index (χ2n) is 11.0. The summed E-state index contributed by atoms with van der Waals surface area (Å²) in [6.07, 6.45) is 0. The summed E-state index contributed by atoms with van der Waals surface area (Å²) in [5, 5.41) is 7.27. The molecule has 0 amide bonds. The monoisotopic (exact) mass is 535 g/mol. The van der Waals surface area contributed by atoms with Gasteiger partial charge in [0.05, 0.1) is 11.0 Å². The molecule has 0 N–H and O–H groups in total. The molecule has 0 saturated heterocycles. The Labute approximate surface area is 242 Å². The maximum Gasteiger partial charge on any atom is 0.136 e. The maximum absolute atomic E-state index is 6.23. The Bertz CT molecular complexity index is 2460. The highest BCUT2D eigenvalue weighted by molar-refractivity contribution is 6.12. The van der Waals surface area contributed by atoms with E-state index >= 15 is 0 Å². The van der Waals surface area contributed by atoms with E-state index in [1.165, 1.54) is 43.7 Å². The van der Waals surface area contributed by atoms with Crippen LogP contribution in [0.4, 0.5) is 0 Å². The quantitative estimate of drug-likeness (QED) is 0.220. The van der Waals surface area contributed by atoms with Crippen LogP contribution in [0.5, 0.6) is 0 Å². The molecule has 0 spiro atoms. The van der Waals surface area contributed by atoms with Crippen molar-refractivity contribution in [2.24, 2.45) is 0 Å². The lowest BCUT2D eigenvalue weighted by Gasteiger charge is -2.11. The molecular formula is C40H25NO. The van der Waals surface area contributed by atoms with Crippen molar-refractivity contribution in [3.63, 3.8) is 0 Å². The van der Waals surface area contributed by atoms with Crippen LogP contribution in [0.15, 0.2) is 156 Å². The predicted octanol–water partition coefficient (Wildman–Crippen LogP) is 11.2. The minimum Gasteiger partial charge on any atom is -0.456 e. The molecule has 7 aromatic carbocycles. The fourth-order valence-electron chi connectivity index (χ4n) is 6.51. The summed E-state index contributed by atoms with van der Waals surface area (Å²) in [7, 11) is 0. The number of fused-ring (bicyclic) bond motifs is 7. The number of aromatic nitrogens is 1. The Morgan fingerprint density at radius 1 is 0.357 bits per heavy atom. The van der Waals surface area contributed by atoms with Crippen molar-refractivity contribution < 1.29 is 4.42 Å². The van der Waals surface area contributed by atoms with Gasteiger partial charge in [0.15, 0.2) is 0 Å². The Balaban J connectivity index is 1.30. The smallest absolute Gasteiger partial charge is 0.136 e. The van der Waals surface area contributed by atoms with Gasteiger partial charge in [0.25, 0.3) is 0 Å². The lowest BCUT2D eigenvalue weighted by molar-refractivity contribution is 0.669. The Morgan fingerprint density at radius 3 is 1.95 bits per heavy atom. The Morgan fingerprint density at radius 2 is 1.05 bits per heavy atom. The lowest BCUT2D eigenvalue weighted by Crippen LogP contribution is -1.94. The predicted molar refractivity (Wildman–Crippen MR) is 176 cm³/mol. The van der Waals surface area contributed by atoms with Crippen LogP contribution < -0.4 is 0 Å². The van der Waals surface area contributed by atoms with E-state index in [0.29, 0.717) is 0 Å². The third-order valence-corrected chi connectivity index (χ3v) is 8.58. The van der Waals surface area contributed by atoms with Gasteiger partial charge >= 0.3 is 0 Å². The average molecular weight is 536 g/mol. The second kappa shape index (κ2) is 8.95. The first-order valence-electron chi connectivity index (χ1n) is 14.3. The number of nitrogens with zero attached hydrogens (tertiary/aromatic N) is 1.